The molecule has 0 unspecified atom stereocenters. The van der Waals surface area contributed by atoms with Gasteiger partial charge < -0.3 is 19.2 Å². The average Bonchev–Trinajstić information content (AvgIpc) is 2.74. The molecule has 1 fully saturated rings. The number of fused-ring (bicyclic) bond motifs is 3. The first-order chi connectivity index (χ1) is 14.5. The molecule has 7 heteroatoms. The molecule has 1 amide bonds. The number of hydrogen-bond acceptors (Lipinski definition) is 6. The first-order valence-corrected chi connectivity index (χ1v) is 10.9. The number of morpholine rings is 1. The minimum Gasteiger partial charge on any atom is -0.480 e. The number of aryl methyl sites for hydroxylation is 2. The smallest absolute Gasteiger partial charge is 0.339 e. The lowest BCUT2D eigenvalue weighted by molar-refractivity contribution is -0.127. The van der Waals surface area contributed by atoms with Gasteiger partial charge in [0.25, 0.3) is 5.91 Å². The van der Waals surface area contributed by atoms with Crippen LogP contribution in [-0.2, 0) is 22.4 Å². The fourth-order valence-corrected chi connectivity index (χ4v) is 4.31. The summed E-state index contributed by atoms with van der Waals surface area (Å²) in [5.41, 5.74) is 2.99. The number of ether oxygens (including phenoxy) is 2. The van der Waals surface area contributed by atoms with Crippen LogP contribution in [0, 0.1) is 6.92 Å². The van der Waals surface area contributed by atoms with Gasteiger partial charge in [0.2, 0.25) is 0 Å². The highest BCUT2D eigenvalue weighted by Gasteiger charge is 2.23. The number of amides is 1. The largest absolute Gasteiger partial charge is 0.480 e. The van der Waals surface area contributed by atoms with E-state index >= 15 is 0 Å². The summed E-state index contributed by atoms with van der Waals surface area (Å²) in [6, 6.07) is 3.79. The Morgan fingerprint density at radius 3 is 2.70 bits per heavy atom. The lowest BCUT2D eigenvalue weighted by Crippen LogP contribution is -2.43. The van der Waals surface area contributed by atoms with Crippen LogP contribution in [0.15, 0.2) is 21.3 Å². The standard InChI is InChI=1S/C23H30N2O5/c1-15-13-19(21-17-5-3-4-6-18(17)23(27)30-20(21)14-15)29-16(2)22(26)24-7-8-25-9-11-28-12-10-25/h13-14,16H,3-12H2,1-2H3,(H,24,26)/t16-/m0/s1. The second-order valence-electron chi connectivity index (χ2n) is 8.20. The van der Waals surface area contributed by atoms with E-state index in [1.165, 1.54) is 0 Å². The topological polar surface area (TPSA) is 81.0 Å². The molecule has 1 aliphatic carbocycles. The van der Waals surface area contributed by atoms with Crippen molar-refractivity contribution < 1.29 is 18.7 Å². The Bertz CT molecular complexity index is 978. The molecule has 1 aliphatic heterocycles. The van der Waals surface area contributed by atoms with Gasteiger partial charge in [0.15, 0.2) is 6.10 Å². The van der Waals surface area contributed by atoms with Crippen molar-refractivity contribution in [3.05, 3.63) is 39.2 Å². The Balaban J connectivity index is 1.49. The second-order valence-corrected chi connectivity index (χ2v) is 8.20. The molecule has 0 radical (unpaired) electrons. The maximum Gasteiger partial charge on any atom is 0.339 e. The Morgan fingerprint density at radius 2 is 1.93 bits per heavy atom. The van der Waals surface area contributed by atoms with Gasteiger partial charge in [-0.3, -0.25) is 9.69 Å². The highest BCUT2D eigenvalue weighted by molar-refractivity contribution is 5.89. The number of hydrogen-bond donors (Lipinski definition) is 1. The van der Waals surface area contributed by atoms with Gasteiger partial charge in [0, 0.05) is 31.7 Å². The van der Waals surface area contributed by atoms with Crippen LogP contribution < -0.4 is 15.7 Å². The van der Waals surface area contributed by atoms with Crippen LogP contribution in [0.3, 0.4) is 0 Å². The van der Waals surface area contributed by atoms with E-state index in [0.717, 1.165) is 80.6 Å². The van der Waals surface area contributed by atoms with Gasteiger partial charge in [-0.25, -0.2) is 4.79 Å². The zero-order chi connectivity index (χ0) is 21.1. The molecule has 1 aromatic carbocycles. The fourth-order valence-electron chi connectivity index (χ4n) is 4.31. The minimum atomic E-state index is -0.647. The van der Waals surface area contributed by atoms with E-state index in [1.807, 2.05) is 19.1 Å². The van der Waals surface area contributed by atoms with E-state index in [0.29, 0.717) is 17.9 Å². The monoisotopic (exact) mass is 414 g/mol. The second kappa shape index (κ2) is 9.18. The Hall–Kier alpha value is -2.38. The number of nitrogens with one attached hydrogen (secondary N) is 1. The molecule has 1 atom stereocenters. The first kappa shape index (κ1) is 20.9. The van der Waals surface area contributed by atoms with E-state index in [1.54, 1.807) is 6.92 Å². The zero-order valence-corrected chi connectivity index (χ0v) is 17.8. The number of benzene rings is 1. The number of rotatable bonds is 6. The molecule has 0 spiro atoms. The van der Waals surface area contributed by atoms with Crippen LogP contribution in [-0.4, -0.2) is 56.3 Å². The summed E-state index contributed by atoms with van der Waals surface area (Å²) in [6.45, 7) is 8.34. The van der Waals surface area contributed by atoms with Crippen molar-refractivity contribution in [3.8, 4) is 5.75 Å². The highest BCUT2D eigenvalue weighted by Crippen LogP contribution is 2.35. The van der Waals surface area contributed by atoms with Gasteiger partial charge in [-0.1, -0.05) is 0 Å². The molecule has 2 aromatic rings. The maximum atomic E-state index is 12.6. The maximum absolute atomic E-state index is 12.6. The lowest BCUT2D eigenvalue weighted by Gasteiger charge is -2.26. The molecule has 2 aliphatic rings. The molecule has 30 heavy (non-hydrogen) atoms. The number of carbonyl (C=O) groups is 1. The molecular formula is C23H30N2O5. The van der Waals surface area contributed by atoms with E-state index in [-0.39, 0.29) is 11.5 Å². The van der Waals surface area contributed by atoms with Gasteiger partial charge >= 0.3 is 5.63 Å². The molecule has 162 valence electrons. The van der Waals surface area contributed by atoms with Crippen LogP contribution in [0.4, 0.5) is 0 Å². The van der Waals surface area contributed by atoms with Crippen molar-refractivity contribution in [2.45, 2.75) is 45.6 Å². The fraction of sp³-hybridized carbons (Fsp3) is 0.565. The quantitative estimate of drug-likeness (QED) is 0.730. The third-order valence-electron chi connectivity index (χ3n) is 5.93. The molecule has 0 saturated carbocycles. The SMILES string of the molecule is Cc1cc(O[C@@H](C)C(=O)NCCN2CCOCC2)c2c3c(c(=O)oc2c1)CCCC3. The summed E-state index contributed by atoms with van der Waals surface area (Å²) in [5, 5.41) is 3.80. The molecule has 4 rings (SSSR count). The van der Waals surface area contributed by atoms with Crippen molar-refractivity contribution in [2.75, 3.05) is 39.4 Å². The minimum absolute atomic E-state index is 0.149. The summed E-state index contributed by atoms with van der Waals surface area (Å²) in [5.74, 6) is 0.465. The summed E-state index contributed by atoms with van der Waals surface area (Å²) < 4.78 is 17.1. The third kappa shape index (κ3) is 4.52. The summed E-state index contributed by atoms with van der Waals surface area (Å²) >= 11 is 0. The van der Waals surface area contributed by atoms with E-state index in [2.05, 4.69) is 10.2 Å². The molecule has 1 N–H and O–H groups in total. The Labute approximate surface area is 176 Å². The molecular weight excluding hydrogens is 384 g/mol. The van der Waals surface area contributed by atoms with Gasteiger partial charge in [0.1, 0.15) is 11.3 Å². The van der Waals surface area contributed by atoms with Crippen LogP contribution in [0.2, 0.25) is 0 Å². The van der Waals surface area contributed by atoms with Crippen LogP contribution in [0.1, 0.15) is 36.5 Å². The highest BCUT2D eigenvalue weighted by atomic mass is 16.5. The predicted molar refractivity (Wildman–Crippen MR) is 114 cm³/mol. The van der Waals surface area contributed by atoms with Gasteiger partial charge in [-0.2, -0.15) is 0 Å². The van der Waals surface area contributed by atoms with Crippen molar-refractivity contribution in [2.24, 2.45) is 0 Å². The first-order valence-electron chi connectivity index (χ1n) is 10.9. The van der Waals surface area contributed by atoms with Crippen molar-refractivity contribution >= 4 is 16.9 Å². The predicted octanol–water partition coefficient (Wildman–Crippen LogP) is 2.20. The van der Waals surface area contributed by atoms with Gasteiger partial charge in [-0.05, 0) is 62.8 Å². The Morgan fingerprint density at radius 1 is 1.20 bits per heavy atom. The average molecular weight is 415 g/mol. The van der Waals surface area contributed by atoms with Gasteiger partial charge in [-0.15, -0.1) is 0 Å². The van der Waals surface area contributed by atoms with Gasteiger partial charge in [0.05, 0.1) is 18.6 Å². The van der Waals surface area contributed by atoms with E-state index in [4.69, 9.17) is 13.9 Å². The summed E-state index contributed by atoms with van der Waals surface area (Å²) in [7, 11) is 0. The lowest BCUT2D eigenvalue weighted by atomic mass is 9.90. The van der Waals surface area contributed by atoms with Crippen LogP contribution in [0.25, 0.3) is 11.0 Å². The molecule has 2 heterocycles. The van der Waals surface area contributed by atoms with Crippen molar-refractivity contribution in [1.82, 2.24) is 10.2 Å². The van der Waals surface area contributed by atoms with Crippen molar-refractivity contribution in [1.29, 1.82) is 0 Å². The van der Waals surface area contributed by atoms with E-state index in [9.17, 15) is 9.59 Å². The summed E-state index contributed by atoms with van der Waals surface area (Å²) in [4.78, 5) is 27.3. The number of carbonyl (C=O) groups excluding carboxylic acids is 1. The normalized spacial score (nSPS) is 18.1. The number of nitrogens with zero attached hydrogens (tertiary/aromatic N) is 1. The molecule has 1 saturated heterocycles. The zero-order valence-electron chi connectivity index (χ0n) is 17.8. The molecule has 1 aromatic heterocycles. The van der Waals surface area contributed by atoms with Crippen LogP contribution in [0.5, 0.6) is 5.75 Å². The molecule has 0 bridgehead atoms. The summed E-state index contributed by atoms with van der Waals surface area (Å²) in [6.07, 6.45) is 2.95. The third-order valence-corrected chi connectivity index (χ3v) is 5.93. The van der Waals surface area contributed by atoms with Crippen LogP contribution >= 0.6 is 0 Å². The van der Waals surface area contributed by atoms with E-state index < -0.39 is 6.10 Å². The molecule has 7 nitrogen and oxygen atoms in total. The van der Waals surface area contributed by atoms with Crippen molar-refractivity contribution in [3.63, 3.8) is 0 Å². The Kier molecular flexibility index (Phi) is 6.39.